The molecule has 2 rings (SSSR count). The van der Waals surface area contributed by atoms with Crippen LogP contribution >= 0.6 is 0 Å². The number of carbonyl (C=O) groups is 1. The molecule has 3 nitrogen and oxygen atoms in total. The van der Waals surface area contributed by atoms with Crippen molar-refractivity contribution in [3.05, 3.63) is 29.8 Å². The molecule has 15 heavy (non-hydrogen) atoms. The summed E-state index contributed by atoms with van der Waals surface area (Å²) in [6, 6.07) is 7.34. The van der Waals surface area contributed by atoms with Crippen LogP contribution in [0.1, 0.15) is 23.7 Å². The van der Waals surface area contributed by atoms with E-state index in [0.29, 0.717) is 6.61 Å². The van der Waals surface area contributed by atoms with Crippen molar-refractivity contribution in [1.82, 2.24) is 4.90 Å². The summed E-state index contributed by atoms with van der Waals surface area (Å²) in [5.74, 6) is 0.946. The minimum absolute atomic E-state index is 0.129. The van der Waals surface area contributed by atoms with Crippen LogP contribution in [0.3, 0.4) is 0 Å². The first-order valence-electron chi connectivity index (χ1n) is 5.33. The molecule has 0 aliphatic carbocycles. The molecular weight excluding hydrogens is 190 g/mol. The van der Waals surface area contributed by atoms with Gasteiger partial charge in [0, 0.05) is 18.7 Å². The van der Waals surface area contributed by atoms with E-state index >= 15 is 0 Å². The van der Waals surface area contributed by atoms with Gasteiger partial charge in [-0.15, -0.1) is 0 Å². The number of carbonyl (C=O) groups excluding carboxylic acids is 1. The molecule has 0 spiro atoms. The van der Waals surface area contributed by atoms with Crippen LogP contribution in [0.4, 0.5) is 0 Å². The number of ether oxygens (including phenoxy) is 1. The molecule has 0 bridgehead atoms. The fraction of sp³-hybridized carbons (Fsp3) is 0.417. The van der Waals surface area contributed by atoms with E-state index in [4.69, 9.17) is 4.74 Å². The maximum Gasteiger partial charge on any atom is 0.253 e. The predicted octanol–water partition coefficient (Wildman–Crippen LogP) is 1.93. The van der Waals surface area contributed by atoms with E-state index in [-0.39, 0.29) is 5.91 Å². The topological polar surface area (TPSA) is 29.5 Å². The molecule has 1 aromatic carbocycles. The summed E-state index contributed by atoms with van der Waals surface area (Å²) in [6.45, 7) is 4.39. The quantitative estimate of drug-likeness (QED) is 0.754. The normalized spacial score (nSPS) is 14.6. The molecule has 0 saturated carbocycles. The average Bonchev–Trinajstić information content (AvgIpc) is 2.16. The molecule has 1 heterocycles. The van der Waals surface area contributed by atoms with Gasteiger partial charge in [-0.1, -0.05) is 0 Å². The van der Waals surface area contributed by atoms with Gasteiger partial charge in [0.1, 0.15) is 5.75 Å². The van der Waals surface area contributed by atoms with Crippen LogP contribution in [-0.2, 0) is 0 Å². The van der Waals surface area contributed by atoms with Crippen LogP contribution in [0, 0.1) is 0 Å². The Balaban J connectivity index is 2.05. The number of benzene rings is 1. The van der Waals surface area contributed by atoms with Crippen molar-refractivity contribution in [3.8, 4) is 5.75 Å². The largest absolute Gasteiger partial charge is 0.494 e. The molecule has 3 heteroatoms. The van der Waals surface area contributed by atoms with Crippen molar-refractivity contribution < 1.29 is 9.53 Å². The summed E-state index contributed by atoms with van der Waals surface area (Å²) < 4.78 is 5.32. The van der Waals surface area contributed by atoms with E-state index in [9.17, 15) is 4.79 Å². The van der Waals surface area contributed by atoms with Crippen LogP contribution in [0.15, 0.2) is 24.3 Å². The lowest BCUT2D eigenvalue weighted by molar-refractivity contribution is 0.0652. The lowest BCUT2D eigenvalue weighted by Crippen LogP contribution is -2.41. The molecule has 80 valence electrons. The second-order valence-electron chi connectivity index (χ2n) is 3.60. The van der Waals surface area contributed by atoms with Gasteiger partial charge in [0.05, 0.1) is 6.61 Å². The SMILES string of the molecule is CCOc1ccc(C(=O)N2CCC2)cc1. The minimum atomic E-state index is 0.129. The van der Waals surface area contributed by atoms with Crippen molar-refractivity contribution in [1.29, 1.82) is 0 Å². The maximum atomic E-state index is 11.8. The Kier molecular flexibility index (Phi) is 2.90. The molecule has 1 saturated heterocycles. The van der Waals surface area contributed by atoms with Gasteiger partial charge in [0.15, 0.2) is 0 Å². The highest BCUT2D eigenvalue weighted by molar-refractivity contribution is 5.94. The third-order valence-corrected chi connectivity index (χ3v) is 2.56. The Morgan fingerprint density at radius 1 is 1.33 bits per heavy atom. The van der Waals surface area contributed by atoms with E-state index < -0.39 is 0 Å². The van der Waals surface area contributed by atoms with Gasteiger partial charge in [-0.05, 0) is 37.6 Å². The molecule has 1 aliphatic heterocycles. The van der Waals surface area contributed by atoms with Crippen LogP contribution in [0.2, 0.25) is 0 Å². The van der Waals surface area contributed by atoms with Gasteiger partial charge < -0.3 is 9.64 Å². The van der Waals surface area contributed by atoms with Gasteiger partial charge in [0.2, 0.25) is 0 Å². The molecule has 1 aliphatic rings. The molecule has 0 N–H and O–H groups in total. The zero-order valence-corrected chi connectivity index (χ0v) is 8.90. The van der Waals surface area contributed by atoms with E-state index in [2.05, 4.69) is 0 Å². The van der Waals surface area contributed by atoms with E-state index in [0.717, 1.165) is 30.8 Å². The van der Waals surface area contributed by atoms with E-state index in [1.807, 2.05) is 36.1 Å². The number of likely N-dealkylation sites (tertiary alicyclic amines) is 1. The molecule has 0 atom stereocenters. The zero-order chi connectivity index (χ0) is 10.7. The van der Waals surface area contributed by atoms with Crippen molar-refractivity contribution in [2.75, 3.05) is 19.7 Å². The monoisotopic (exact) mass is 205 g/mol. The van der Waals surface area contributed by atoms with Gasteiger partial charge >= 0.3 is 0 Å². The minimum Gasteiger partial charge on any atom is -0.494 e. The molecule has 1 fully saturated rings. The van der Waals surface area contributed by atoms with Crippen molar-refractivity contribution in [2.24, 2.45) is 0 Å². The smallest absolute Gasteiger partial charge is 0.253 e. The summed E-state index contributed by atoms with van der Waals surface area (Å²) in [7, 11) is 0. The lowest BCUT2D eigenvalue weighted by Gasteiger charge is -2.30. The number of hydrogen-bond donors (Lipinski definition) is 0. The standard InChI is InChI=1S/C12H15NO2/c1-2-15-11-6-4-10(5-7-11)12(14)13-8-3-9-13/h4-7H,2-3,8-9H2,1H3. The first-order valence-corrected chi connectivity index (χ1v) is 5.33. The summed E-state index contributed by atoms with van der Waals surface area (Å²) >= 11 is 0. The van der Waals surface area contributed by atoms with Gasteiger partial charge in [-0.3, -0.25) is 4.79 Å². The molecule has 1 aromatic rings. The Morgan fingerprint density at radius 3 is 2.47 bits per heavy atom. The highest BCUT2D eigenvalue weighted by atomic mass is 16.5. The molecule has 0 aromatic heterocycles. The van der Waals surface area contributed by atoms with Crippen LogP contribution < -0.4 is 4.74 Å². The number of rotatable bonds is 3. The highest BCUT2D eigenvalue weighted by Gasteiger charge is 2.21. The Morgan fingerprint density at radius 2 is 2.00 bits per heavy atom. The lowest BCUT2D eigenvalue weighted by atomic mass is 10.1. The van der Waals surface area contributed by atoms with E-state index in [1.165, 1.54) is 0 Å². The Bertz CT molecular complexity index is 341. The van der Waals surface area contributed by atoms with Crippen molar-refractivity contribution in [3.63, 3.8) is 0 Å². The predicted molar refractivity (Wildman–Crippen MR) is 58.1 cm³/mol. The van der Waals surface area contributed by atoms with Gasteiger partial charge in [-0.25, -0.2) is 0 Å². The first-order chi connectivity index (χ1) is 7.31. The summed E-state index contributed by atoms with van der Waals surface area (Å²) in [4.78, 5) is 13.6. The second-order valence-corrected chi connectivity index (χ2v) is 3.60. The summed E-state index contributed by atoms with van der Waals surface area (Å²) in [5.41, 5.74) is 0.748. The highest BCUT2D eigenvalue weighted by Crippen LogP contribution is 2.16. The van der Waals surface area contributed by atoms with Crippen LogP contribution in [-0.4, -0.2) is 30.5 Å². The summed E-state index contributed by atoms with van der Waals surface area (Å²) in [6.07, 6.45) is 1.13. The number of amides is 1. The molecule has 1 amide bonds. The third-order valence-electron chi connectivity index (χ3n) is 2.56. The third kappa shape index (κ3) is 2.12. The molecule has 0 radical (unpaired) electrons. The van der Waals surface area contributed by atoms with Crippen LogP contribution in [0.25, 0.3) is 0 Å². The number of hydrogen-bond acceptors (Lipinski definition) is 2. The maximum absolute atomic E-state index is 11.8. The molecule has 0 unspecified atom stereocenters. The van der Waals surface area contributed by atoms with E-state index in [1.54, 1.807) is 0 Å². The zero-order valence-electron chi connectivity index (χ0n) is 8.90. The van der Waals surface area contributed by atoms with Crippen molar-refractivity contribution in [2.45, 2.75) is 13.3 Å². The second kappa shape index (κ2) is 4.34. The van der Waals surface area contributed by atoms with Crippen molar-refractivity contribution >= 4 is 5.91 Å². The Hall–Kier alpha value is -1.51. The van der Waals surface area contributed by atoms with Crippen LogP contribution in [0.5, 0.6) is 5.75 Å². The first kappa shape index (κ1) is 10.0. The summed E-state index contributed by atoms with van der Waals surface area (Å²) in [5, 5.41) is 0. The van der Waals surface area contributed by atoms with Gasteiger partial charge in [0.25, 0.3) is 5.91 Å². The number of nitrogens with zero attached hydrogens (tertiary/aromatic N) is 1. The molecular formula is C12H15NO2. The average molecular weight is 205 g/mol. The fourth-order valence-corrected chi connectivity index (χ4v) is 1.56. The Labute approximate surface area is 89.7 Å². The van der Waals surface area contributed by atoms with Gasteiger partial charge in [-0.2, -0.15) is 0 Å². The fourth-order valence-electron chi connectivity index (χ4n) is 1.56.